The van der Waals surface area contributed by atoms with E-state index in [1.165, 1.54) is 11.1 Å². The van der Waals surface area contributed by atoms with Gasteiger partial charge in [0.2, 0.25) is 0 Å². The molecule has 0 radical (unpaired) electrons. The summed E-state index contributed by atoms with van der Waals surface area (Å²) in [5.74, 6) is 0.574. The van der Waals surface area contributed by atoms with E-state index in [1.54, 1.807) is 0 Å². The van der Waals surface area contributed by atoms with Crippen LogP contribution in [0.2, 0.25) is 0 Å². The van der Waals surface area contributed by atoms with E-state index in [9.17, 15) is 4.79 Å². The van der Waals surface area contributed by atoms with Gasteiger partial charge in [0.25, 0.3) is 5.91 Å². The lowest BCUT2D eigenvalue weighted by molar-refractivity contribution is 0.0931. The maximum Gasteiger partial charge on any atom is 0.251 e. The lowest BCUT2D eigenvalue weighted by Crippen LogP contribution is -2.42. The molecule has 1 aliphatic rings. The first-order valence-electron chi connectivity index (χ1n) is 8.00. The molecule has 1 heterocycles. The summed E-state index contributed by atoms with van der Waals surface area (Å²) in [4.78, 5) is 14.7. The van der Waals surface area contributed by atoms with Gasteiger partial charge in [-0.05, 0) is 29.7 Å². The third-order valence-corrected chi connectivity index (χ3v) is 4.56. The van der Waals surface area contributed by atoms with Crippen LogP contribution in [-0.2, 0) is 6.42 Å². The summed E-state index contributed by atoms with van der Waals surface area (Å²) in [7, 11) is 0. The monoisotopic (exact) mass is 328 g/mol. The minimum atomic E-state index is -0.0283. The van der Waals surface area contributed by atoms with Crippen molar-refractivity contribution in [3.63, 3.8) is 0 Å². The van der Waals surface area contributed by atoms with Crippen LogP contribution in [0.3, 0.4) is 0 Å². The van der Waals surface area contributed by atoms with Crippen LogP contribution in [0.1, 0.15) is 27.5 Å². The first-order chi connectivity index (χ1) is 11.3. The molecule has 0 aromatic heterocycles. The Morgan fingerprint density at radius 2 is 1.87 bits per heavy atom. The van der Waals surface area contributed by atoms with Crippen molar-refractivity contribution in [1.29, 1.82) is 0 Å². The highest BCUT2D eigenvalue weighted by molar-refractivity contribution is 6.18. The molecule has 1 N–H and O–H groups in total. The molecule has 23 heavy (non-hydrogen) atoms. The van der Waals surface area contributed by atoms with Crippen molar-refractivity contribution in [2.45, 2.75) is 12.5 Å². The molecule has 3 rings (SSSR count). The number of halogens is 1. The second-order valence-corrected chi connectivity index (χ2v) is 6.14. The number of amides is 1. The topological polar surface area (TPSA) is 32.3 Å². The van der Waals surface area contributed by atoms with Gasteiger partial charge in [0.05, 0.1) is 6.04 Å². The molecule has 0 fully saturated rings. The molecule has 1 amide bonds. The van der Waals surface area contributed by atoms with Gasteiger partial charge in [0.15, 0.2) is 0 Å². The zero-order chi connectivity index (χ0) is 16.1. The molecule has 3 nitrogen and oxygen atoms in total. The minimum Gasteiger partial charge on any atom is -0.350 e. The molecule has 0 aliphatic carbocycles. The van der Waals surface area contributed by atoms with E-state index in [4.69, 9.17) is 11.6 Å². The first kappa shape index (κ1) is 16.0. The van der Waals surface area contributed by atoms with Gasteiger partial charge < -0.3 is 5.32 Å². The molecule has 1 unspecified atom stereocenters. The Morgan fingerprint density at radius 3 is 2.65 bits per heavy atom. The van der Waals surface area contributed by atoms with Gasteiger partial charge in [-0.3, -0.25) is 9.69 Å². The van der Waals surface area contributed by atoms with E-state index in [2.05, 4.69) is 34.5 Å². The average molecular weight is 329 g/mol. The van der Waals surface area contributed by atoms with Gasteiger partial charge in [-0.15, -0.1) is 11.6 Å². The number of hydrogen-bond donors (Lipinski definition) is 1. The summed E-state index contributed by atoms with van der Waals surface area (Å²) < 4.78 is 0. The van der Waals surface area contributed by atoms with Crippen molar-refractivity contribution >= 4 is 17.5 Å². The molecule has 1 aliphatic heterocycles. The van der Waals surface area contributed by atoms with E-state index in [0.29, 0.717) is 18.0 Å². The fraction of sp³-hybridized carbons (Fsp3) is 0.316. The number of alkyl halides is 1. The molecule has 4 heteroatoms. The minimum absolute atomic E-state index is 0.0283. The van der Waals surface area contributed by atoms with Crippen molar-refractivity contribution in [1.82, 2.24) is 10.2 Å². The van der Waals surface area contributed by atoms with Crippen LogP contribution in [0.15, 0.2) is 54.6 Å². The second-order valence-electron chi connectivity index (χ2n) is 5.77. The molecule has 0 bridgehead atoms. The van der Waals surface area contributed by atoms with Gasteiger partial charge in [0, 0.05) is 31.1 Å². The highest BCUT2D eigenvalue weighted by Crippen LogP contribution is 2.29. The normalized spacial score (nSPS) is 17.5. The average Bonchev–Trinajstić information content (AvgIpc) is 2.61. The van der Waals surface area contributed by atoms with Crippen LogP contribution >= 0.6 is 11.6 Å². The molecular formula is C19H21ClN2O. The fourth-order valence-electron chi connectivity index (χ4n) is 3.20. The van der Waals surface area contributed by atoms with Crippen LogP contribution in [-0.4, -0.2) is 36.3 Å². The van der Waals surface area contributed by atoms with Crippen LogP contribution in [0.4, 0.5) is 0 Å². The number of carbonyl (C=O) groups excluding carboxylic acids is 1. The SMILES string of the molecule is O=C(NCC1c2ccccc2CCN1CCCl)c1ccccc1. The first-order valence-corrected chi connectivity index (χ1v) is 8.54. The Labute approximate surface area is 142 Å². The van der Waals surface area contributed by atoms with Crippen LogP contribution in [0.5, 0.6) is 0 Å². The summed E-state index contributed by atoms with van der Waals surface area (Å²) in [5.41, 5.74) is 3.37. The summed E-state index contributed by atoms with van der Waals surface area (Å²) >= 11 is 5.96. The van der Waals surface area contributed by atoms with Crippen molar-refractivity contribution in [2.24, 2.45) is 0 Å². The summed E-state index contributed by atoms with van der Waals surface area (Å²) in [6.07, 6.45) is 1.04. The lowest BCUT2D eigenvalue weighted by Gasteiger charge is -2.37. The Balaban J connectivity index is 1.74. The molecule has 2 aromatic rings. The predicted molar refractivity (Wildman–Crippen MR) is 94.0 cm³/mol. The van der Waals surface area contributed by atoms with Crippen LogP contribution < -0.4 is 5.32 Å². The van der Waals surface area contributed by atoms with E-state index in [1.807, 2.05) is 30.3 Å². The highest BCUT2D eigenvalue weighted by Gasteiger charge is 2.26. The number of carbonyl (C=O) groups is 1. The Hall–Kier alpha value is -1.84. The van der Waals surface area contributed by atoms with Crippen LogP contribution in [0, 0.1) is 0 Å². The van der Waals surface area contributed by atoms with Gasteiger partial charge in [-0.2, -0.15) is 0 Å². The largest absolute Gasteiger partial charge is 0.350 e. The van der Waals surface area contributed by atoms with Crippen molar-refractivity contribution in [3.05, 3.63) is 71.3 Å². The van der Waals surface area contributed by atoms with E-state index >= 15 is 0 Å². The molecule has 2 aromatic carbocycles. The highest BCUT2D eigenvalue weighted by atomic mass is 35.5. The fourth-order valence-corrected chi connectivity index (χ4v) is 3.42. The number of nitrogens with zero attached hydrogens (tertiary/aromatic N) is 1. The van der Waals surface area contributed by atoms with E-state index < -0.39 is 0 Å². The number of nitrogens with one attached hydrogen (secondary N) is 1. The molecule has 1 atom stereocenters. The van der Waals surface area contributed by atoms with Crippen molar-refractivity contribution in [2.75, 3.05) is 25.5 Å². The number of benzene rings is 2. The zero-order valence-electron chi connectivity index (χ0n) is 13.0. The van der Waals surface area contributed by atoms with Crippen molar-refractivity contribution < 1.29 is 4.79 Å². The van der Waals surface area contributed by atoms with Gasteiger partial charge in [0.1, 0.15) is 0 Å². The molecule has 0 saturated carbocycles. The Kier molecular flexibility index (Phi) is 5.31. The Morgan fingerprint density at radius 1 is 1.13 bits per heavy atom. The van der Waals surface area contributed by atoms with Crippen molar-refractivity contribution in [3.8, 4) is 0 Å². The lowest BCUT2D eigenvalue weighted by atomic mass is 9.92. The molecule has 0 saturated heterocycles. The molecule has 120 valence electrons. The third-order valence-electron chi connectivity index (χ3n) is 4.39. The van der Waals surface area contributed by atoms with E-state index in [0.717, 1.165) is 19.5 Å². The third kappa shape index (κ3) is 3.74. The number of rotatable bonds is 5. The second kappa shape index (κ2) is 7.62. The number of hydrogen-bond acceptors (Lipinski definition) is 2. The molecular weight excluding hydrogens is 308 g/mol. The molecule has 0 spiro atoms. The summed E-state index contributed by atoms with van der Waals surface area (Å²) in [6.45, 7) is 2.42. The van der Waals surface area contributed by atoms with Gasteiger partial charge >= 0.3 is 0 Å². The summed E-state index contributed by atoms with van der Waals surface area (Å²) in [6, 6.07) is 18.0. The zero-order valence-corrected chi connectivity index (χ0v) is 13.8. The van der Waals surface area contributed by atoms with E-state index in [-0.39, 0.29) is 11.9 Å². The maximum atomic E-state index is 12.3. The maximum absolute atomic E-state index is 12.3. The smallest absolute Gasteiger partial charge is 0.251 e. The number of fused-ring (bicyclic) bond motifs is 1. The summed E-state index contributed by atoms with van der Waals surface area (Å²) in [5, 5.41) is 3.07. The van der Waals surface area contributed by atoms with Gasteiger partial charge in [-0.25, -0.2) is 0 Å². The van der Waals surface area contributed by atoms with Gasteiger partial charge in [-0.1, -0.05) is 42.5 Å². The Bertz CT molecular complexity index is 659. The predicted octanol–water partition coefficient (Wildman–Crippen LogP) is 3.25. The quantitative estimate of drug-likeness (QED) is 0.854. The standard InChI is InChI=1S/C19H21ClN2O/c20-11-13-22-12-10-15-6-4-5-9-17(15)18(22)14-21-19(23)16-7-2-1-3-8-16/h1-9,18H,10-14H2,(H,21,23). The van der Waals surface area contributed by atoms with Crippen LogP contribution in [0.25, 0.3) is 0 Å².